The number of hydrogen-bond acceptors (Lipinski definition) is 2. The molecule has 0 aliphatic heterocycles. The van der Waals surface area contributed by atoms with E-state index >= 15 is 0 Å². The first-order chi connectivity index (χ1) is 8.25. The van der Waals surface area contributed by atoms with Crippen LogP contribution in [0.15, 0.2) is 0 Å². The van der Waals surface area contributed by atoms with Gasteiger partial charge in [0.1, 0.15) is 0 Å². The summed E-state index contributed by atoms with van der Waals surface area (Å²) in [5.41, 5.74) is 6.04. The molecule has 1 atom stereocenters. The third kappa shape index (κ3) is 4.59. The summed E-state index contributed by atoms with van der Waals surface area (Å²) < 4.78 is 0. The lowest BCUT2D eigenvalue weighted by Crippen LogP contribution is -2.42. The molecule has 1 fully saturated rings. The van der Waals surface area contributed by atoms with Crippen molar-refractivity contribution < 1.29 is 5.11 Å². The van der Waals surface area contributed by atoms with Gasteiger partial charge in [-0.15, -0.1) is 0 Å². The molecule has 1 aliphatic rings. The molecule has 0 saturated heterocycles. The van der Waals surface area contributed by atoms with E-state index in [1.54, 1.807) is 0 Å². The van der Waals surface area contributed by atoms with E-state index in [0.29, 0.717) is 6.54 Å². The molecule has 0 heterocycles. The zero-order valence-corrected chi connectivity index (χ0v) is 11.6. The molecule has 102 valence electrons. The highest BCUT2D eigenvalue weighted by Gasteiger charge is 2.35. The Kier molecular flexibility index (Phi) is 7.14. The third-order valence-corrected chi connectivity index (χ3v) is 4.54. The fourth-order valence-electron chi connectivity index (χ4n) is 3.18. The van der Waals surface area contributed by atoms with E-state index < -0.39 is 0 Å². The van der Waals surface area contributed by atoms with Crippen molar-refractivity contribution in [3.63, 3.8) is 0 Å². The van der Waals surface area contributed by atoms with Gasteiger partial charge in [-0.2, -0.15) is 0 Å². The highest BCUT2D eigenvalue weighted by molar-refractivity contribution is 4.88. The minimum absolute atomic E-state index is 0.0359. The fourth-order valence-corrected chi connectivity index (χ4v) is 3.18. The van der Waals surface area contributed by atoms with Crippen molar-refractivity contribution in [1.29, 1.82) is 0 Å². The molecule has 17 heavy (non-hydrogen) atoms. The number of aliphatic hydroxyl groups is 1. The molecule has 1 aliphatic carbocycles. The number of aliphatic hydroxyl groups excluding tert-OH is 1. The molecular weight excluding hydrogens is 210 g/mol. The maximum atomic E-state index is 10.5. The first-order valence-corrected chi connectivity index (χ1v) is 7.63. The lowest BCUT2D eigenvalue weighted by atomic mass is 9.71. The summed E-state index contributed by atoms with van der Waals surface area (Å²) in [5, 5.41) is 10.5. The fraction of sp³-hybridized carbons (Fsp3) is 1.00. The average Bonchev–Trinajstić information content (AvgIpc) is 2.30. The molecular formula is C15H31NO. The van der Waals surface area contributed by atoms with Crippen LogP contribution >= 0.6 is 0 Å². The highest BCUT2D eigenvalue weighted by atomic mass is 16.3. The molecule has 1 saturated carbocycles. The summed E-state index contributed by atoms with van der Waals surface area (Å²) >= 11 is 0. The van der Waals surface area contributed by atoms with Crippen LogP contribution in [0.4, 0.5) is 0 Å². The van der Waals surface area contributed by atoms with Gasteiger partial charge in [0.2, 0.25) is 0 Å². The van der Waals surface area contributed by atoms with Crippen molar-refractivity contribution in [1.82, 2.24) is 0 Å². The summed E-state index contributed by atoms with van der Waals surface area (Å²) in [5.74, 6) is 0. The number of unbranched alkanes of at least 4 members (excludes halogenated alkanes) is 2. The maximum Gasteiger partial charge on any atom is 0.0608 e. The largest absolute Gasteiger partial charge is 0.393 e. The highest BCUT2D eigenvalue weighted by Crippen LogP contribution is 2.38. The van der Waals surface area contributed by atoms with Crippen LogP contribution in [0.2, 0.25) is 0 Å². The van der Waals surface area contributed by atoms with E-state index in [1.165, 1.54) is 44.9 Å². The van der Waals surface area contributed by atoms with Gasteiger partial charge in [-0.25, -0.2) is 0 Å². The van der Waals surface area contributed by atoms with Crippen LogP contribution in [0.5, 0.6) is 0 Å². The van der Waals surface area contributed by atoms with Gasteiger partial charge in [0, 0.05) is 12.0 Å². The van der Waals surface area contributed by atoms with E-state index in [0.717, 1.165) is 25.7 Å². The zero-order chi connectivity index (χ0) is 12.6. The SMILES string of the molecule is CCCCCC(O)C1(CN)CCCCCCC1. The Morgan fingerprint density at radius 3 is 2.18 bits per heavy atom. The number of rotatable bonds is 6. The Bertz CT molecular complexity index is 185. The molecule has 0 aromatic rings. The lowest BCUT2D eigenvalue weighted by molar-refractivity contribution is 0.00302. The topological polar surface area (TPSA) is 46.2 Å². The Morgan fingerprint density at radius 1 is 1.06 bits per heavy atom. The lowest BCUT2D eigenvalue weighted by Gasteiger charge is -2.39. The van der Waals surface area contributed by atoms with Crippen molar-refractivity contribution in [3.8, 4) is 0 Å². The molecule has 0 radical (unpaired) electrons. The van der Waals surface area contributed by atoms with Gasteiger partial charge < -0.3 is 10.8 Å². The van der Waals surface area contributed by atoms with E-state index in [1.807, 2.05) is 0 Å². The average molecular weight is 241 g/mol. The molecule has 3 N–H and O–H groups in total. The summed E-state index contributed by atoms with van der Waals surface area (Å²) in [6.07, 6.45) is 13.2. The van der Waals surface area contributed by atoms with Gasteiger partial charge in [-0.05, 0) is 19.3 Å². The van der Waals surface area contributed by atoms with Gasteiger partial charge in [-0.3, -0.25) is 0 Å². The maximum absolute atomic E-state index is 10.5. The van der Waals surface area contributed by atoms with E-state index in [4.69, 9.17) is 5.73 Å². The van der Waals surface area contributed by atoms with Crippen LogP contribution < -0.4 is 5.73 Å². The molecule has 0 spiro atoms. The molecule has 2 heteroatoms. The molecule has 1 unspecified atom stereocenters. The second kappa shape index (κ2) is 8.10. The summed E-state index contributed by atoms with van der Waals surface area (Å²) in [7, 11) is 0. The first kappa shape index (κ1) is 15.0. The second-order valence-corrected chi connectivity index (χ2v) is 5.85. The molecule has 1 rings (SSSR count). The summed E-state index contributed by atoms with van der Waals surface area (Å²) in [6.45, 7) is 2.88. The van der Waals surface area contributed by atoms with Gasteiger partial charge in [0.15, 0.2) is 0 Å². The summed E-state index contributed by atoms with van der Waals surface area (Å²) in [6, 6.07) is 0. The van der Waals surface area contributed by atoms with Crippen molar-refractivity contribution >= 4 is 0 Å². The smallest absolute Gasteiger partial charge is 0.0608 e. The minimum atomic E-state index is -0.169. The molecule has 2 nitrogen and oxygen atoms in total. The van der Waals surface area contributed by atoms with E-state index in [-0.39, 0.29) is 11.5 Å². The van der Waals surface area contributed by atoms with Crippen LogP contribution in [0.25, 0.3) is 0 Å². The Morgan fingerprint density at radius 2 is 1.65 bits per heavy atom. The minimum Gasteiger partial charge on any atom is -0.393 e. The quantitative estimate of drug-likeness (QED) is 0.698. The van der Waals surface area contributed by atoms with Gasteiger partial charge in [0.25, 0.3) is 0 Å². The third-order valence-electron chi connectivity index (χ3n) is 4.54. The zero-order valence-electron chi connectivity index (χ0n) is 11.6. The van der Waals surface area contributed by atoms with Crippen LogP contribution in [-0.2, 0) is 0 Å². The Hall–Kier alpha value is -0.0800. The van der Waals surface area contributed by atoms with Crippen LogP contribution in [0.3, 0.4) is 0 Å². The van der Waals surface area contributed by atoms with Crippen LogP contribution in [0, 0.1) is 5.41 Å². The Labute approximate surface area is 107 Å². The van der Waals surface area contributed by atoms with Crippen LogP contribution in [-0.4, -0.2) is 17.8 Å². The van der Waals surface area contributed by atoms with Gasteiger partial charge >= 0.3 is 0 Å². The summed E-state index contributed by atoms with van der Waals surface area (Å²) in [4.78, 5) is 0. The van der Waals surface area contributed by atoms with Gasteiger partial charge in [-0.1, -0.05) is 58.3 Å². The predicted molar refractivity (Wildman–Crippen MR) is 74.0 cm³/mol. The molecule has 0 aromatic heterocycles. The van der Waals surface area contributed by atoms with E-state index in [9.17, 15) is 5.11 Å². The van der Waals surface area contributed by atoms with Crippen molar-refractivity contribution in [2.45, 2.75) is 83.7 Å². The standard InChI is InChI=1S/C15H31NO/c1-2-3-7-10-14(17)15(13-16)11-8-5-4-6-9-12-15/h14,17H,2-13,16H2,1H3. The van der Waals surface area contributed by atoms with Crippen molar-refractivity contribution in [2.75, 3.05) is 6.54 Å². The molecule has 0 bridgehead atoms. The van der Waals surface area contributed by atoms with Gasteiger partial charge in [0.05, 0.1) is 6.10 Å². The molecule has 0 amide bonds. The Balaban J connectivity index is 2.50. The van der Waals surface area contributed by atoms with Crippen molar-refractivity contribution in [2.24, 2.45) is 11.1 Å². The first-order valence-electron chi connectivity index (χ1n) is 7.63. The normalized spacial score (nSPS) is 22.8. The molecule has 0 aromatic carbocycles. The number of hydrogen-bond donors (Lipinski definition) is 2. The monoisotopic (exact) mass is 241 g/mol. The number of nitrogens with two attached hydrogens (primary N) is 1. The van der Waals surface area contributed by atoms with Crippen molar-refractivity contribution in [3.05, 3.63) is 0 Å². The van der Waals surface area contributed by atoms with Crippen LogP contribution in [0.1, 0.15) is 77.6 Å². The second-order valence-electron chi connectivity index (χ2n) is 5.85. The van der Waals surface area contributed by atoms with E-state index in [2.05, 4.69) is 6.92 Å². The predicted octanol–water partition coefficient (Wildman–Crippen LogP) is 3.62.